The zero-order valence-electron chi connectivity index (χ0n) is 23.6. The first-order valence-electron chi connectivity index (χ1n) is 13.9. The number of rotatable bonds is 14. The molecule has 10 heteroatoms. The molecule has 4 rings (SSSR count). The van der Waals surface area contributed by atoms with E-state index < -0.39 is 0 Å². The standard InChI is InChI=1S/C29H42N2S8/c1-28(2,30-24(32)18-22-20(26(30)34)8-16-38-22)10-5-12-36-14-7-15-37-13-6-11-29(3,4)31-25(33)19-23-21(27(31)35)9-17-39-23/h18-19,34-35H,5-17H2,1-4H3. The van der Waals surface area contributed by atoms with Gasteiger partial charge in [-0.1, -0.05) is 24.4 Å². The summed E-state index contributed by atoms with van der Waals surface area (Å²) in [5.41, 5.74) is 2.77. The van der Waals surface area contributed by atoms with Crippen LogP contribution in [0.2, 0.25) is 0 Å². The van der Waals surface area contributed by atoms with Crippen molar-refractivity contribution in [2.24, 2.45) is 0 Å². The van der Waals surface area contributed by atoms with Crippen LogP contribution in [0.15, 0.2) is 32.0 Å². The number of aromatic nitrogens is 2. The summed E-state index contributed by atoms with van der Waals surface area (Å²) in [6.07, 6.45) is 8.16. The third-order valence-corrected chi connectivity index (χ3v) is 13.7. The summed E-state index contributed by atoms with van der Waals surface area (Å²) in [5.74, 6) is 7.22. The Kier molecular flexibility index (Phi) is 12.2. The van der Waals surface area contributed by atoms with Crippen LogP contribution in [-0.4, -0.2) is 43.7 Å². The van der Waals surface area contributed by atoms with Gasteiger partial charge in [0.05, 0.1) is 10.1 Å². The van der Waals surface area contributed by atoms with Crippen molar-refractivity contribution < 1.29 is 0 Å². The van der Waals surface area contributed by atoms with Gasteiger partial charge < -0.3 is 9.13 Å². The van der Waals surface area contributed by atoms with Gasteiger partial charge >= 0.3 is 0 Å². The molecule has 39 heavy (non-hydrogen) atoms. The minimum Gasteiger partial charge on any atom is -0.322 e. The summed E-state index contributed by atoms with van der Waals surface area (Å²) in [6, 6.07) is 4.38. The van der Waals surface area contributed by atoms with E-state index in [4.69, 9.17) is 49.7 Å². The largest absolute Gasteiger partial charge is 0.322 e. The van der Waals surface area contributed by atoms with E-state index in [1.807, 2.05) is 23.5 Å². The van der Waals surface area contributed by atoms with Gasteiger partial charge in [0.2, 0.25) is 0 Å². The van der Waals surface area contributed by atoms with Crippen LogP contribution in [0.25, 0.3) is 0 Å². The lowest BCUT2D eigenvalue weighted by atomic mass is 9.98. The zero-order valence-corrected chi connectivity index (χ0v) is 30.3. The number of hydrogen-bond donors (Lipinski definition) is 2. The molecule has 2 aromatic rings. The molecule has 2 aromatic heterocycles. The number of thioether (sulfide) groups is 4. The van der Waals surface area contributed by atoms with Gasteiger partial charge in [-0.3, -0.25) is 0 Å². The zero-order chi connectivity index (χ0) is 28.2. The molecule has 0 aliphatic carbocycles. The van der Waals surface area contributed by atoms with Gasteiger partial charge in [-0.05, 0) is 119 Å². The molecular weight excluding hydrogens is 633 g/mol. The van der Waals surface area contributed by atoms with Gasteiger partial charge in [0, 0.05) is 32.4 Å². The van der Waals surface area contributed by atoms with E-state index in [0.29, 0.717) is 0 Å². The molecule has 0 unspecified atom stereocenters. The molecule has 0 saturated heterocycles. The van der Waals surface area contributed by atoms with Crippen LogP contribution in [0.4, 0.5) is 0 Å². The fraction of sp³-hybridized carbons (Fsp3) is 0.655. The highest BCUT2D eigenvalue weighted by molar-refractivity contribution is 8.00. The number of thiol groups is 2. The van der Waals surface area contributed by atoms with Crippen molar-refractivity contribution in [3.05, 3.63) is 32.5 Å². The molecule has 0 amide bonds. The van der Waals surface area contributed by atoms with Gasteiger partial charge in [0.25, 0.3) is 0 Å². The minimum absolute atomic E-state index is 0.00259. The third-order valence-electron chi connectivity index (χ3n) is 7.67. The van der Waals surface area contributed by atoms with Crippen molar-refractivity contribution in [2.45, 2.75) is 104 Å². The van der Waals surface area contributed by atoms with E-state index in [9.17, 15) is 0 Å². The molecule has 0 spiro atoms. The Bertz CT molecular complexity index is 1180. The lowest BCUT2D eigenvalue weighted by molar-refractivity contribution is 0.297. The molecular formula is C29H42N2S8. The Morgan fingerprint density at radius 3 is 1.51 bits per heavy atom. The molecule has 2 nitrogen and oxygen atoms in total. The third kappa shape index (κ3) is 8.07. The first-order valence-corrected chi connectivity index (χ1v) is 19.9. The van der Waals surface area contributed by atoms with Gasteiger partial charge in [-0.15, -0.1) is 48.8 Å². The van der Waals surface area contributed by atoms with Crippen LogP contribution in [0.3, 0.4) is 0 Å². The highest BCUT2D eigenvalue weighted by atomic mass is 32.2. The van der Waals surface area contributed by atoms with Crippen LogP contribution < -0.4 is 0 Å². The molecule has 2 aliphatic rings. The lowest BCUT2D eigenvalue weighted by Gasteiger charge is -2.31. The Balaban J connectivity index is 1.11. The molecule has 216 valence electrons. The minimum atomic E-state index is -0.00259. The second-order valence-corrected chi connectivity index (χ2v) is 18.0. The lowest BCUT2D eigenvalue weighted by Crippen LogP contribution is -2.29. The highest BCUT2D eigenvalue weighted by Gasteiger charge is 2.27. The number of fused-ring (bicyclic) bond motifs is 2. The molecule has 4 heterocycles. The SMILES string of the molecule is CC(C)(CCCSCCCSCCCC(C)(C)n1c(S)c2c(cc1=S)SCC2)n1c(S)c2c(cc1=S)SCC2. The second kappa shape index (κ2) is 14.5. The summed E-state index contributed by atoms with van der Waals surface area (Å²) in [4.78, 5) is 2.67. The van der Waals surface area contributed by atoms with Crippen molar-refractivity contribution in [1.82, 2.24) is 9.13 Å². The second-order valence-electron chi connectivity index (χ2n) is 11.6. The Morgan fingerprint density at radius 2 is 1.10 bits per heavy atom. The van der Waals surface area contributed by atoms with E-state index in [-0.39, 0.29) is 11.1 Å². The van der Waals surface area contributed by atoms with Crippen LogP contribution in [0.1, 0.15) is 70.9 Å². The predicted molar refractivity (Wildman–Crippen MR) is 190 cm³/mol. The van der Waals surface area contributed by atoms with E-state index in [2.05, 4.69) is 72.5 Å². The summed E-state index contributed by atoms with van der Waals surface area (Å²) >= 11 is 29.4. The Hall–Kier alpha value is 0.840. The summed E-state index contributed by atoms with van der Waals surface area (Å²) < 4.78 is 6.44. The predicted octanol–water partition coefficient (Wildman–Crippen LogP) is 10.2. The average Bonchev–Trinajstić information content (AvgIpc) is 3.52. The van der Waals surface area contributed by atoms with E-state index >= 15 is 0 Å². The fourth-order valence-electron chi connectivity index (χ4n) is 5.55. The molecule has 0 radical (unpaired) electrons. The smallest absolute Gasteiger partial charge is 0.108 e. The first-order chi connectivity index (χ1) is 18.5. The topological polar surface area (TPSA) is 9.86 Å². The normalized spacial score (nSPS) is 15.1. The first kappa shape index (κ1) is 32.7. The molecule has 0 fully saturated rings. The fourth-order valence-corrected chi connectivity index (χ4v) is 12.3. The maximum absolute atomic E-state index is 5.77. The molecule has 0 saturated carbocycles. The van der Waals surface area contributed by atoms with E-state index in [1.54, 1.807) is 0 Å². The maximum atomic E-state index is 5.77. The van der Waals surface area contributed by atoms with Gasteiger partial charge in [0.1, 0.15) is 9.28 Å². The van der Waals surface area contributed by atoms with Crippen LogP contribution in [0.5, 0.6) is 0 Å². The van der Waals surface area contributed by atoms with E-state index in [1.165, 1.54) is 63.2 Å². The van der Waals surface area contributed by atoms with Gasteiger partial charge in [-0.25, -0.2) is 0 Å². The molecule has 0 atom stereocenters. The van der Waals surface area contributed by atoms with Crippen molar-refractivity contribution in [3.8, 4) is 0 Å². The maximum Gasteiger partial charge on any atom is 0.108 e. The summed E-state index contributed by atoms with van der Waals surface area (Å²) in [5, 5.41) is 2.17. The van der Waals surface area contributed by atoms with E-state index in [0.717, 1.165) is 56.5 Å². The Labute approximate surface area is 274 Å². The van der Waals surface area contributed by atoms with Crippen molar-refractivity contribution >= 4 is 96.7 Å². The molecule has 2 aliphatic heterocycles. The summed E-state index contributed by atoms with van der Waals surface area (Å²) in [6.45, 7) is 9.25. The monoisotopic (exact) mass is 674 g/mol. The molecule has 0 aromatic carbocycles. The van der Waals surface area contributed by atoms with Gasteiger partial charge in [0.15, 0.2) is 0 Å². The molecule has 0 N–H and O–H groups in total. The van der Waals surface area contributed by atoms with Crippen molar-refractivity contribution in [3.63, 3.8) is 0 Å². The highest BCUT2D eigenvalue weighted by Crippen LogP contribution is 2.40. The number of pyridine rings is 2. The summed E-state index contributed by atoms with van der Waals surface area (Å²) in [7, 11) is 0. The quantitative estimate of drug-likeness (QED) is 0.116. The van der Waals surface area contributed by atoms with Crippen LogP contribution >= 0.6 is 96.7 Å². The van der Waals surface area contributed by atoms with Crippen LogP contribution in [-0.2, 0) is 23.9 Å². The van der Waals surface area contributed by atoms with Crippen molar-refractivity contribution in [1.29, 1.82) is 0 Å². The van der Waals surface area contributed by atoms with Crippen LogP contribution in [0, 0.1) is 9.28 Å². The molecule has 0 bridgehead atoms. The van der Waals surface area contributed by atoms with Gasteiger partial charge in [-0.2, -0.15) is 23.5 Å². The average molecular weight is 675 g/mol. The number of hydrogen-bond acceptors (Lipinski definition) is 8. The van der Waals surface area contributed by atoms with Crippen molar-refractivity contribution in [2.75, 3.05) is 34.5 Å². The number of nitrogens with zero attached hydrogens (tertiary/aromatic N) is 2. The Morgan fingerprint density at radius 1 is 0.718 bits per heavy atom.